The van der Waals surface area contributed by atoms with Crippen LogP contribution in [0.25, 0.3) is 10.9 Å². The molecule has 4 rings (SSSR count). The van der Waals surface area contributed by atoms with E-state index in [1.807, 2.05) is 6.07 Å². The molecule has 2 aromatic carbocycles. The van der Waals surface area contributed by atoms with Gasteiger partial charge in [0.05, 0.1) is 37.7 Å². The fraction of sp³-hybridized carbons (Fsp3) is 0.231. The second-order valence-electron chi connectivity index (χ2n) is 7.98. The molecule has 0 aliphatic heterocycles. The Morgan fingerprint density at radius 3 is 2.61 bits per heavy atom. The summed E-state index contributed by atoms with van der Waals surface area (Å²) in [6, 6.07) is 13.7. The van der Waals surface area contributed by atoms with Gasteiger partial charge in [-0.2, -0.15) is 0 Å². The Labute approximate surface area is 206 Å². The molecule has 4 aromatic rings. The summed E-state index contributed by atoms with van der Waals surface area (Å²) in [6.07, 6.45) is 3.61. The maximum Gasteiger partial charge on any atom is 0.291 e. The molecule has 0 atom stereocenters. The number of carbonyl (C=O) groups excluding carboxylic acids is 2. The summed E-state index contributed by atoms with van der Waals surface area (Å²) in [5.41, 5.74) is 1.73. The number of nitrogens with zero attached hydrogens (tertiary/aromatic N) is 2. The maximum absolute atomic E-state index is 12.9. The number of anilines is 1. The lowest BCUT2D eigenvalue weighted by molar-refractivity contribution is -0.121. The van der Waals surface area contributed by atoms with Crippen LogP contribution in [0.1, 0.15) is 29.0 Å². The van der Waals surface area contributed by atoms with Gasteiger partial charge in [-0.15, -0.1) is 0 Å². The van der Waals surface area contributed by atoms with Gasteiger partial charge in [0.15, 0.2) is 17.3 Å². The predicted octanol–water partition coefficient (Wildman–Crippen LogP) is 3.36. The van der Waals surface area contributed by atoms with Crippen LogP contribution in [0.2, 0.25) is 0 Å². The van der Waals surface area contributed by atoms with Gasteiger partial charge in [0, 0.05) is 31.3 Å². The summed E-state index contributed by atoms with van der Waals surface area (Å²) in [6.45, 7) is 0.653. The Morgan fingerprint density at radius 2 is 1.86 bits per heavy atom. The molecule has 0 saturated carbocycles. The van der Waals surface area contributed by atoms with Gasteiger partial charge in [0.25, 0.3) is 11.5 Å². The third-order valence-corrected chi connectivity index (χ3v) is 5.55. The van der Waals surface area contributed by atoms with E-state index in [0.29, 0.717) is 47.6 Å². The first-order valence-electron chi connectivity index (χ1n) is 11.3. The van der Waals surface area contributed by atoms with Gasteiger partial charge in [0.2, 0.25) is 5.91 Å². The van der Waals surface area contributed by atoms with Gasteiger partial charge in [-0.05, 0) is 42.3 Å². The molecule has 2 heterocycles. The average Bonchev–Trinajstić information content (AvgIpc) is 3.44. The Hall–Kier alpha value is -4.60. The number of carbonyl (C=O) groups is 2. The van der Waals surface area contributed by atoms with Crippen LogP contribution in [0, 0.1) is 0 Å². The van der Waals surface area contributed by atoms with Gasteiger partial charge >= 0.3 is 0 Å². The Kier molecular flexibility index (Phi) is 7.64. The molecule has 2 aromatic heterocycles. The van der Waals surface area contributed by atoms with E-state index in [1.54, 1.807) is 42.5 Å². The van der Waals surface area contributed by atoms with Gasteiger partial charge in [-0.1, -0.05) is 12.1 Å². The summed E-state index contributed by atoms with van der Waals surface area (Å²) in [5.74, 6) is 0.668. The molecule has 2 N–H and O–H groups in total. The number of fused-ring (bicyclic) bond motifs is 1. The minimum Gasteiger partial charge on any atom is -0.493 e. The van der Waals surface area contributed by atoms with Crippen LogP contribution in [0.3, 0.4) is 0 Å². The topological polar surface area (TPSA) is 125 Å². The highest BCUT2D eigenvalue weighted by molar-refractivity contribution is 6.02. The average molecular weight is 491 g/mol. The van der Waals surface area contributed by atoms with E-state index in [2.05, 4.69) is 15.6 Å². The van der Waals surface area contributed by atoms with Gasteiger partial charge in [-0.25, -0.2) is 4.98 Å². The highest BCUT2D eigenvalue weighted by atomic mass is 16.5. The zero-order chi connectivity index (χ0) is 25.5. The van der Waals surface area contributed by atoms with Crippen LogP contribution >= 0.6 is 0 Å². The molecule has 0 aliphatic rings. The summed E-state index contributed by atoms with van der Waals surface area (Å²) < 4.78 is 17.1. The largest absolute Gasteiger partial charge is 0.493 e. The first kappa shape index (κ1) is 24.5. The van der Waals surface area contributed by atoms with Gasteiger partial charge < -0.3 is 24.5 Å². The number of nitrogens with one attached hydrogen (secondary N) is 2. The van der Waals surface area contributed by atoms with Gasteiger partial charge in [0.1, 0.15) is 0 Å². The smallest absolute Gasteiger partial charge is 0.291 e. The Morgan fingerprint density at radius 1 is 1.06 bits per heavy atom. The number of hydrogen-bond donors (Lipinski definition) is 2. The highest BCUT2D eigenvalue weighted by Gasteiger charge is 2.12. The van der Waals surface area contributed by atoms with Crippen molar-refractivity contribution in [3.05, 3.63) is 82.8 Å². The SMILES string of the molecule is COc1cc2ncn(CCCC(=O)NCc3cccc(NC(=O)c4ccco4)c3)c(=O)c2cc1OC. The van der Waals surface area contributed by atoms with Crippen LogP contribution in [0.5, 0.6) is 11.5 Å². The monoisotopic (exact) mass is 490 g/mol. The second kappa shape index (κ2) is 11.2. The molecule has 36 heavy (non-hydrogen) atoms. The van der Waals surface area contributed by atoms with Crippen molar-refractivity contribution in [2.24, 2.45) is 0 Å². The number of benzene rings is 2. The van der Waals surface area contributed by atoms with Crippen LogP contribution < -0.4 is 25.7 Å². The summed E-state index contributed by atoms with van der Waals surface area (Å²) in [5, 5.41) is 6.03. The van der Waals surface area contributed by atoms with Crippen molar-refractivity contribution in [3.8, 4) is 11.5 Å². The van der Waals surface area contributed by atoms with E-state index < -0.39 is 0 Å². The summed E-state index contributed by atoms with van der Waals surface area (Å²) >= 11 is 0. The van der Waals surface area contributed by atoms with Crippen molar-refractivity contribution in [3.63, 3.8) is 0 Å². The number of aromatic nitrogens is 2. The van der Waals surface area contributed by atoms with E-state index in [-0.39, 0.29) is 29.6 Å². The molecule has 0 aliphatic carbocycles. The quantitative estimate of drug-likeness (QED) is 0.349. The first-order chi connectivity index (χ1) is 17.5. The van der Waals surface area contributed by atoms with E-state index in [9.17, 15) is 14.4 Å². The fourth-order valence-corrected chi connectivity index (χ4v) is 3.70. The van der Waals surface area contributed by atoms with E-state index in [1.165, 1.54) is 31.4 Å². The fourth-order valence-electron chi connectivity index (χ4n) is 3.70. The number of hydrogen-bond acceptors (Lipinski definition) is 7. The highest BCUT2D eigenvalue weighted by Crippen LogP contribution is 2.29. The van der Waals surface area contributed by atoms with Gasteiger partial charge in [-0.3, -0.25) is 19.0 Å². The van der Waals surface area contributed by atoms with Crippen LogP contribution in [0.4, 0.5) is 5.69 Å². The molecule has 10 heteroatoms. The van der Waals surface area contributed by atoms with Crippen LogP contribution in [0.15, 0.2) is 70.3 Å². The zero-order valence-electron chi connectivity index (χ0n) is 19.9. The van der Waals surface area contributed by atoms with E-state index in [0.717, 1.165) is 5.56 Å². The minimum atomic E-state index is -0.350. The maximum atomic E-state index is 12.9. The molecule has 0 spiro atoms. The Bertz CT molecular complexity index is 1430. The lowest BCUT2D eigenvalue weighted by Crippen LogP contribution is -2.25. The number of aryl methyl sites for hydroxylation is 1. The van der Waals surface area contributed by atoms with Crippen molar-refractivity contribution in [1.29, 1.82) is 0 Å². The van der Waals surface area contributed by atoms with E-state index in [4.69, 9.17) is 13.9 Å². The lowest BCUT2D eigenvalue weighted by atomic mass is 10.2. The number of rotatable bonds is 10. The van der Waals surface area contributed by atoms with Crippen molar-refractivity contribution in [1.82, 2.24) is 14.9 Å². The second-order valence-corrected chi connectivity index (χ2v) is 7.98. The normalized spacial score (nSPS) is 10.7. The van der Waals surface area contributed by atoms with Crippen molar-refractivity contribution in [2.45, 2.75) is 25.9 Å². The number of methoxy groups -OCH3 is 2. The first-order valence-corrected chi connectivity index (χ1v) is 11.3. The van der Waals surface area contributed by atoms with E-state index >= 15 is 0 Å². The number of ether oxygens (including phenoxy) is 2. The molecular weight excluding hydrogens is 464 g/mol. The van der Waals surface area contributed by atoms with Crippen LogP contribution in [-0.4, -0.2) is 35.6 Å². The molecule has 0 bridgehead atoms. The minimum absolute atomic E-state index is 0.145. The molecule has 0 unspecified atom stereocenters. The third kappa shape index (κ3) is 5.72. The third-order valence-electron chi connectivity index (χ3n) is 5.55. The summed E-state index contributed by atoms with van der Waals surface area (Å²) in [4.78, 5) is 41.7. The van der Waals surface area contributed by atoms with Crippen molar-refractivity contribution in [2.75, 3.05) is 19.5 Å². The standard InChI is InChI=1S/C26H26N4O6/c1-34-22-13-19-20(14-23(22)35-2)28-16-30(26(19)33)10-4-9-24(31)27-15-17-6-3-7-18(12-17)29-25(32)21-8-5-11-36-21/h3,5-8,11-14,16H,4,9-10,15H2,1-2H3,(H,27,31)(H,29,32). The van der Waals surface area contributed by atoms with Crippen molar-refractivity contribution >= 4 is 28.4 Å². The molecule has 0 fully saturated rings. The number of amides is 2. The molecular formula is C26H26N4O6. The molecule has 2 amide bonds. The zero-order valence-corrected chi connectivity index (χ0v) is 19.9. The molecule has 0 saturated heterocycles. The summed E-state index contributed by atoms with van der Waals surface area (Å²) in [7, 11) is 3.03. The van der Waals surface area contributed by atoms with Crippen molar-refractivity contribution < 1.29 is 23.5 Å². The molecule has 186 valence electrons. The molecule has 10 nitrogen and oxygen atoms in total. The lowest BCUT2D eigenvalue weighted by Gasteiger charge is -2.11. The predicted molar refractivity (Wildman–Crippen MR) is 133 cm³/mol. The van der Waals surface area contributed by atoms with Crippen LogP contribution in [-0.2, 0) is 17.9 Å². The number of furan rings is 1. The molecule has 0 radical (unpaired) electrons. The Balaban J connectivity index is 1.30.